The standard InChI is InChI=1S/C16H13F8NO9S/c1-8(6-32-25(28)29)33-15(27)31-7-30-14(26)11-5-9-4-10(35(20,21,22,23)24)2-3-12(9)34-13(11)16(17,18)19/h2-5,8,13H,6-7H2,1H3. The van der Waals surface area contributed by atoms with Crippen molar-refractivity contribution in [2.45, 2.75) is 30.2 Å². The number of rotatable bonds is 8. The Morgan fingerprint density at radius 1 is 1.17 bits per heavy atom. The fourth-order valence-corrected chi connectivity index (χ4v) is 3.12. The first kappa shape index (κ1) is 27.7. The van der Waals surface area contributed by atoms with Gasteiger partial charge in [-0.1, -0.05) is 19.4 Å². The third kappa shape index (κ3) is 7.76. The van der Waals surface area contributed by atoms with Gasteiger partial charge in [-0.2, -0.15) is 13.2 Å². The smallest absolute Gasteiger partial charge is 0.475 e. The minimum Gasteiger partial charge on any atom is -0.475 e. The average molecular weight is 547 g/mol. The van der Waals surface area contributed by atoms with Crippen LogP contribution < -0.4 is 4.74 Å². The number of benzene rings is 1. The normalized spacial score (nSPS) is 18.4. The van der Waals surface area contributed by atoms with Gasteiger partial charge in [0.1, 0.15) is 23.4 Å². The lowest BCUT2D eigenvalue weighted by Crippen LogP contribution is -2.41. The number of ether oxygens (including phenoxy) is 4. The van der Waals surface area contributed by atoms with Crippen LogP contribution in [0.1, 0.15) is 12.5 Å². The summed E-state index contributed by atoms with van der Waals surface area (Å²) in [6.07, 6.45) is -11.0. The van der Waals surface area contributed by atoms with Gasteiger partial charge in [0, 0.05) is 5.56 Å². The average Bonchev–Trinajstić information content (AvgIpc) is 2.68. The van der Waals surface area contributed by atoms with Crippen LogP contribution in [0.3, 0.4) is 0 Å². The molecule has 2 rings (SSSR count). The maximum absolute atomic E-state index is 13.3. The number of esters is 1. The maximum atomic E-state index is 13.3. The summed E-state index contributed by atoms with van der Waals surface area (Å²) in [4.78, 5) is 35.0. The van der Waals surface area contributed by atoms with Crippen LogP contribution in [0.15, 0.2) is 28.7 Å². The van der Waals surface area contributed by atoms with Crippen LogP contribution in [0, 0.1) is 10.1 Å². The molecule has 19 heteroatoms. The van der Waals surface area contributed by atoms with Crippen LogP contribution in [0.4, 0.5) is 37.4 Å². The van der Waals surface area contributed by atoms with Gasteiger partial charge in [-0.3, -0.25) is 0 Å². The second-order valence-electron chi connectivity index (χ2n) is 6.70. The molecule has 0 aliphatic carbocycles. The monoisotopic (exact) mass is 547 g/mol. The Kier molecular flexibility index (Phi) is 6.82. The molecule has 35 heavy (non-hydrogen) atoms. The third-order valence-corrected chi connectivity index (χ3v) is 5.02. The summed E-state index contributed by atoms with van der Waals surface area (Å²) < 4.78 is 123. The molecule has 0 amide bonds. The molecular weight excluding hydrogens is 534 g/mol. The molecule has 2 unspecified atom stereocenters. The van der Waals surface area contributed by atoms with E-state index in [1.807, 2.05) is 0 Å². The summed E-state index contributed by atoms with van der Waals surface area (Å²) in [5, 5.41) is 8.84. The Morgan fingerprint density at radius 2 is 1.80 bits per heavy atom. The zero-order chi connectivity index (χ0) is 26.9. The van der Waals surface area contributed by atoms with Crippen LogP contribution in [-0.2, 0) is 23.8 Å². The fourth-order valence-electron chi connectivity index (χ4n) is 2.44. The Labute approximate surface area is 189 Å². The summed E-state index contributed by atoms with van der Waals surface area (Å²) in [5.74, 6) is -2.76. The summed E-state index contributed by atoms with van der Waals surface area (Å²) in [6, 6.07) is -0.121. The Morgan fingerprint density at radius 3 is 2.34 bits per heavy atom. The van der Waals surface area contributed by atoms with E-state index in [1.54, 1.807) is 0 Å². The SMILES string of the molecule is CC(CO[N+](=O)[O-])OC(=O)OCOC(=O)C1=Cc2cc(S(F)(F)(F)(F)F)ccc2OC1C(F)(F)F. The molecule has 1 aromatic rings. The molecule has 0 fully saturated rings. The molecule has 0 N–H and O–H groups in total. The first-order valence-corrected chi connectivity index (χ1v) is 10.7. The van der Waals surface area contributed by atoms with Crippen LogP contribution in [0.5, 0.6) is 5.75 Å². The fraction of sp³-hybridized carbons (Fsp3) is 0.375. The third-order valence-electron chi connectivity index (χ3n) is 3.88. The van der Waals surface area contributed by atoms with E-state index in [9.17, 15) is 52.3 Å². The van der Waals surface area contributed by atoms with Crippen molar-refractivity contribution in [3.63, 3.8) is 0 Å². The van der Waals surface area contributed by atoms with Crippen LogP contribution in [0.2, 0.25) is 0 Å². The van der Waals surface area contributed by atoms with Gasteiger partial charge in [-0.15, -0.1) is 10.1 Å². The van der Waals surface area contributed by atoms with Gasteiger partial charge in [0.05, 0.1) is 5.57 Å². The van der Waals surface area contributed by atoms with Gasteiger partial charge < -0.3 is 23.8 Å². The van der Waals surface area contributed by atoms with Crippen molar-refractivity contribution in [3.8, 4) is 5.75 Å². The number of hydrogen-bond donors (Lipinski definition) is 0. The lowest BCUT2D eigenvalue weighted by molar-refractivity contribution is -0.759. The first-order chi connectivity index (χ1) is 15.7. The molecule has 10 nitrogen and oxygen atoms in total. The van der Waals surface area contributed by atoms with E-state index in [1.165, 1.54) is 0 Å². The highest BCUT2D eigenvalue weighted by molar-refractivity contribution is 8.45. The van der Waals surface area contributed by atoms with Crippen molar-refractivity contribution in [1.82, 2.24) is 0 Å². The van der Waals surface area contributed by atoms with Crippen LogP contribution >= 0.6 is 10.2 Å². The summed E-state index contributed by atoms with van der Waals surface area (Å²) in [5.41, 5.74) is -2.36. The summed E-state index contributed by atoms with van der Waals surface area (Å²) in [6.45, 7) is -0.937. The molecular formula is C16H13F8NO9S. The number of nitrogens with zero attached hydrogens (tertiary/aromatic N) is 1. The Bertz CT molecular complexity index is 1060. The largest absolute Gasteiger partial charge is 0.511 e. The van der Waals surface area contributed by atoms with Crippen molar-refractivity contribution in [3.05, 3.63) is 39.4 Å². The van der Waals surface area contributed by atoms with Gasteiger partial charge in [-0.05, 0) is 31.2 Å². The van der Waals surface area contributed by atoms with Gasteiger partial charge >= 0.3 is 28.5 Å². The minimum absolute atomic E-state index is 0.165. The molecule has 2 atom stereocenters. The number of hydrogen-bond acceptors (Lipinski definition) is 9. The van der Waals surface area contributed by atoms with E-state index in [-0.39, 0.29) is 24.3 Å². The van der Waals surface area contributed by atoms with Crippen LogP contribution in [0.25, 0.3) is 6.08 Å². The molecule has 1 heterocycles. The molecule has 0 aromatic heterocycles. The van der Waals surface area contributed by atoms with E-state index >= 15 is 0 Å². The van der Waals surface area contributed by atoms with Gasteiger partial charge in [-0.25, -0.2) is 9.59 Å². The molecule has 1 aliphatic rings. The van der Waals surface area contributed by atoms with Gasteiger partial charge in [0.25, 0.3) is 5.09 Å². The molecule has 198 valence electrons. The van der Waals surface area contributed by atoms with E-state index in [4.69, 9.17) is 0 Å². The van der Waals surface area contributed by atoms with Gasteiger partial charge in [0.15, 0.2) is 0 Å². The lowest BCUT2D eigenvalue weighted by Gasteiger charge is -2.41. The van der Waals surface area contributed by atoms with Crippen molar-refractivity contribution >= 4 is 28.4 Å². The van der Waals surface area contributed by atoms with Crippen molar-refractivity contribution in [2.24, 2.45) is 0 Å². The van der Waals surface area contributed by atoms with E-state index in [0.717, 1.165) is 6.92 Å². The van der Waals surface area contributed by atoms with Crippen molar-refractivity contribution in [2.75, 3.05) is 13.4 Å². The number of carbonyl (C=O) groups is 2. The van der Waals surface area contributed by atoms with Crippen molar-refractivity contribution in [1.29, 1.82) is 0 Å². The zero-order valence-corrected chi connectivity index (χ0v) is 17.7. The van der Waals surface area contributed by atoms with E-state index in [0.29, 0.717) is 0 Å². The van der Waals surface area contributed by atoms with Gasteiger partial charge in [0.2, 0.25) is 12.9 Å². The summed E-state index contributed by atoms with van der Waals surface area (Å²) in [7, 11) is -10.2. The topological polar surface area (TPSA) is 123 Å². The number of halogens is 8. The molecule has 0 radical (unpaired) electrons. The lowest BCUT2D eigenvalue weighted by atomic mass is 10.0. The number of alkyl halides is 3. The quantitative estimate of drug-likeness (QED) is 0.140. The maximum Gasteiger partial charge on any atom is 0.511 e. The second-order valence-corrected chi connectivity index (χ2v) is 9.11. The van der Waals surface area contributed by atoms with E-state index < -0.39 is 81.0 Å². The van der Waals surface area contributed by atoms with E-state index in [2.05, 4.69) is 23.8 Å². The molecule has 0 spiro atoms. The molecule has 0 saturated carbocycles. The minimum atomic E-state index is -10.2. The Hall–Kier alpha value is -3.51. The molecule has 0 saturated heterocycles. The molecule has 1 aliphatic heterocycles. The van der Waals surface area contributed by atoms with Crippen LogP contribution in [-0.4, -0.2) is 49.0 Å². The Balaban J connectivity index is 2.18. The van der Waals surface area contributed by atoms with Crippen molar-refractivity contribution < 1.29 is 71.1 Å². The highest BCUT2D eigenvalue weighted by Gasteiger charge is 2.65. The first-order valence-electron chi connectivity index (χ1n) is 8.78. The predicted octanol–water partition coefficient (Wildman–Crippen LogP) is 5.30. The highest BCUT2D eigenvalue weighted by atomic mass is 32.5. The predicted molar refractivity (Wildman–Crippen MR) is 97.2 cm³/mol. The number of fused-ring (bicyclic) bond motifs is 1. The second kappa shape index (κ2) is 8.61. The zero-order valence-electron chi connectivity index (χ0n) is 16.9. The summed E-state index contributed by atoms with van der Waals surface area (Å²) >= 11 is 0. The molecule has 1 aromatic carbocycles. The number of carbonyl (C=O) groups excluding carboxylic acids is 2. The highest BCUT2D eigenvalue weighted by Crippen LogP contribution is 3.02. The molecule has 0 bridgehead atoms.